The molecular formula is C20H32N4O2. The lowest BCUT2D eigenvalue weighted by atomic mass is 10.1. The molecule has 0 spiro atoms. The van der Waals surface area contributed by atoms with Crippen LogP contribution in [0.1, 0.15) is 38.2 Å². The van der Waals surface area contributed by atoms with Crippen molar-refractivity contribution in [2.45, 2.75) is 45.2 Å². The summed E-state index contributed by atoms with van der Waals surface area (Å²) in [6.45, 7) is 4.56. The maximum atomic E-state index is 12.0. The molecule has 1 aliphatic heterocycles. The molecule has 1 unspecified atom stereocenters. The minimum atomic E-state index is 0.300. The van der Waals surface area contributed by atoms with Gasteiger partial charge in [0.25, 0.3) is 0 Å². The lowest BCUT2D eigenvalue weighted by Gasteiger charge is -2.28. The van der Waals surface area contributed by atoms with Crippen LogP contribution in [0.5, 0.6) is 5.75 Å². The molecule has 0 saturated carbocycles. The number of aliphatic imine (C=N–C) groups is 1. The number of likely N-dealkylation sites (tertiary alicyclic amines) is 1. The highest BCUT2D eigenvalue weighted by atomic mass is 16.5. The van der Waals surface area contributed by atoms with Gasteiger partial charge in [-0.15, -0.1) is 0 Å². The number of hydrogen-bond acceptors (Lipinski definition) is 3. The molecule has 144 valence electrons. The van der Waals surface area contributed by atoms with Gasteiger partial charge in [-0.05, 0) is 25.3 Å². The SMILES string of the molecule is CCC(CCNC(=NC)N(C)Cc1ccccc1OC)N1CCCC1=O. The molecule has 0 aliphatic carbocycles. The Balaban J connectivity index is 1.87. The average Bonchev–Trinajstić information content (AvgIpc) is 3.08. The van der Waals surface area contributed by atoms with Crippen LogP contribution in [-0.2, 0) is 11.3 Å². The first-order valence-corrected chi connectivity index (χ1v) is 9.43. The number of guanidine groups is 1. The largest absolute Gasteiger partial charge is 0.496 e. The molecule has 1 atom stereocenters. The van der Waals surface area contributed by atoms with Gasteiger partial charge in [0.05, 0.1) is 7.11 Å². The quantitative estimate of drug-likeness (QED) is 0.572. The zero-order valence-corrected chi connectivity index (χ0v) is 16.5. The first-order chi connectivity index (χ1) is 12.6. The molecule has 0 bridgehead atoms. The lowest BCUT2D eigenvalue weighted by Crippen LogP contribution is -2.42. The van der Waals surface area contributed by atoms with Gasteiger partial charge in [-0.25, -0.2) is 0 Å². The molecule has 1 saturated heterocycles. The lowest BCUT2D eigenvalue weighted by molar-refractivity contribution is -0.129. The fraction of sp³-hybridized carbons (Fsp3) is 0.600. The summed E-state index contributed by atoms with van der Waals surface area (Å²) in [6, 6.07) is 8.34. The molecular weight excluding hydrogens is 328 g/mol. The molecule has 0 radical (unpaired) electrons. The van der Waals surface area contributed by atoms with Crippen molar-refractivity contribution >= 4 is 11.9 Å². The number of nitrogens with zero attached hydrogens (tertiary/aromatic N) is 3. The Bertz CT molecular complexity index is 618. The predicted molar refractivity (Wildman–Crippen MR) is 105 cm³/mol. The van der Waals surface area contributed by atoms with Crippen LogP contribution < -0.4 is 10.1 Å². The van der Waals surface area contributed by atoms with Crippen LogP contribution in [0, 0.1) is 0 Å². The summed E-state index contributed by atoms with van der Waals surface area (Å²) in [7, 11) is 5.50. The minimum Gasteiger partial charge on any atom is -0.496 e. The average molecular weight is 361 g/mol. The van der Waals surface area contributed by atoms with Gasteiger partial charge in [-0.3, -0.25) is 9.79 Å². The highest BCUT2D eigenvalue weighted by Crippen LogP contribution is 2.19. The Morgan fingerprint density at radius 3 is 2.81 bits per heavy atom. The number of para-hydroxylation sites is 1. The Hall–Kier alpha value is -2.24. The first kappa shape index (κ1) is 20.1. The van der Waals surface area contributed by atoms with E-state index in [0.29, 0.717) is 24.9 Å². The van der Waals surface area contributed by atoms with Gasteiger partial charge in [-0.1, -0.05) is 25.1 Å². The number of rotatable bonds is 8. The highest BCUT2D eigenvalue weighted by molar-refractivity contribution is 5.80. The number of benzene rings is 1. The molecule has 6 heteroatoms. The van der Waals surface area contributed by atoms with Crippen LogP contribution >= 0.6 is 0 Å². The van der Waals surface area contributed by atoms with E-state index in [0.717, 1.165) is 49.6 Å². The second kappa shape index (κ2) is 10.0. The third kappa shape index (κ3) is 5.13. The number of carbonyl (C=O) groups excluding carboxylic acids is 1. The van der Waals surface area contributed by atoms with Gasteiger partial charge in [0.2, 0.25) is 5.91 Å². The molecule has 1 aromatic rings. The third-order valence-electron chi connectivity index (χ3n) is 4.96. The molecule has 1 heterocycles. The Morgan fingerprint density at radius 1 is 1.42 bits per heavy atom. The summed E-state index contributed by atoms with van der Waals surface area (Å²) in [5.74, 6) is 2.03. The topological polar surface area (TPSA) is 57.2 Å². The van der Waals surface area contributed by atoms with Crippen molar-refractivity contribution < 1.29 is 9.53 Å². The van der Waals surface area contributed by atoms with E-state index in [2.05, 4.69) is 28.2 Å². The number of hydrogen-bond donors (Lipinski definition) is 1. The molecule has 0 aromatic heterocycles. The summed E-state index contributed by atoms with van der Waals surface area (Å²) < 4.78 is 5.43. The van der Waals surface area contributed by atoms with E-state index in [1.807, 2.05) is 30.1 Å². The van der Waals surface area contributed by atoms with Crippen molar-refractivity contribution in [1.29, 1.82) is 0 Å². The maximum Gasteiger partial charge on any atom is 0.222 e. The summed E-state index contributed by atoms with van der Waals surface area (Å²) in [4.78, 5) is 20.5. The molecule has 2 rings (SSSR count). The fourth-order valence-electron chi connectivity index (χ4n) is 3.53. The summed E-state index contributed by atoms with van der Waals surface area (Å²) >= 11 is 0. The van der Waals surface area contributed by atoms with Crippen LogP contribution in [0.15, 0.2) is 29.3 Å². The van der Waals surface area contributed by atoms with Crippen molar-refractivity contribution in [2.75, 3.05) is 34.3 Å². The van der Waals surface area contributed by atoms with E-state index in [-0.39, 0.29) is 0 Å². The van der Waals surface area contributed by atoms with Crippen molar-refractivity contribution in [3.05, 3.63) is 29.8 Å². The van der Waals surface area contributed by atoms with E-state index in [1.165, 1.54) is 0 Å². The number of nitrogens with one attached hydrogen (secondary N) is 1. The second-order valence-corrected chi connectivity index (χ2v) is 6.68. The van der Waals surface area contributed by atoms with E-state index < -0.39 is 0 Å². The minimum absolute atomic E-state index is 0.300. The van der Waals surface area contributed by atoms with Gasteiger partial charge < -0.3 is 19.9 Å². The van der Waals surface area contributed by atoms with Gasteiger partial charge in [0.1, 0.15) is 5.75 Å². The van der Waals surface area contributed by atoms with Crippen molar-refractivity contribution in [3.8, 4) is 5.75 Å². The predicted octanol–water partition coefficient (Wildman–Crippen LogP) is 2.49. The van der Waals surface area contributed by atoms with Crippen molar-refractivity contribution in [2.24, 2.45) is 4.99 Å². The monoisotopic (exact) mass is 360 g/mol. The van der Waals surface area contributed by atoms with Gasteiger partial charge in [0.15, 0.2) is 5.96 Å². The second-order valence-electron chi connectivity index (χ2n) is 6.68. The fourth-order valence-corrected chi connectivity index (χ4v) is 3.53. The normalized spacial score (nSPS) is 15.9. The summed E-state index contributed by atoms with van der Waals surface area (Å²) in [5.41, 5.74) is 1.12. The van der Waals surface area contributed by atoms with E-state index in [1.54, 1.807) is 14.2 Å². The number of amides is 1. The maximum absolute atomic E-state index is 12.0. The number of methoxy groups -OCH3 is 1. The Labute approximate surface area is 157 Å². The molecule has 1 amide bonds. The van der Waals surface area contributed by atoms with Crippen LogP contribution in [0.25, 0.3) is 0 Å². The standard InChI is InChI=1S/C20H32N4O2/c1-5-17(24-14-8-11-19(24)25)12-13-22-20(21-2)23(3)15-16-9-6-7-10-18(16)26-4/h6-7,9-10,17H,5,8,11-15H2,1-4H3,(H,21,22). The van der Waals surface area contributed by atoms with Gasteiger partial charge in [-0.2, -0.15) is 0 Å². The molecule has 6 nitrogen and oxygen atoms in total. The zero-order valence-electron chi connectivity index (χ0n) is 16.5. The molecule has 26 heavy (non-hydrogen) atoms. The van der Waals surface area contributed by atoms with Crippen LogP contribution in [0.4, 0.5) is 0 Å². The van der Waals surface area contributed by atoms with Crippen LogP contribution in [-0.4, -0.2) is 62.0 Å². The number of ether oxygens (including phenoxy) is 1. The summed E-state index contributed by atoms with van der Waals surface area (Å²) in [5, 5.41) is 3.43. The molecule has 1 aliphatic rings. The Morgan fingerprint density at radius 2 is 2.19 bits per heavy atom. The smallest absolute Gasteiger partial charge is 0.222 e. The van der Waals surface area contributed by atoms with Gasteiger partial charge in [0, 0.05) is 51.8 Å². The van der Waals surface area contributed by atoms with E-state index in [9.17, 15) is 4.79 Å². The van der Waals surface area contributed by atoms with Crippen molar-refractivity contribution in [3.63, 3.8) is 0 Å². The third-order valence-corrected chi connectivity index (χ3v) is 4.96. The summed E-state index contributed by atoms with van der Waals surface area (Å²) in [6.07, 6.45) is 3.62. The number of carbonyl (C=O) groups is 1. The molecule has 1 aromatic carbocycles. The van der Waals surface area contributed by atoms with Crippen LogP contribution in [0.3, 0.4) is 0 Å². The van der Waals surface area contributed by atoms with Crippen molar-refractivity contribution in [1.82, 2.24) is 15.1 Å². The highest BCUT2D eigenvalue weighted by Gasteiger charge is 2.26. The van der Waals surface area contributed by atoms with E-state index >= 15 is 0 Å². The Kier molecular flexibility index (Phi) is 7.75. The zero-order chi connectivity index (χ0) is 18.9. The van der Waals surface area contributed by atoms with E-state index in [4.69, 9.17) is 4.74 Å². The van der Waals surface area contributed by atoms with Gasteiger partial charge >= 0.3 is 0 Å². The molecule has 1 fully saturated rings. The first-order valence-electron chi connectivity index (χ1n) is 9.43. The molecule has 1 N–H and O–H groups in total. The van der Waals surface area contributed by atoms with Crippen LogP contribution in [0.2, 0.25) is 0 Å².